The highest BCUT2D eigenvalue weighted by Crippen LogP contribution is 2.20. The van der Waals surface area contributed by atoms with E-state index in [-0.39, 0.29) is 17.0 Å². The second kappa shape index (κ2) is 6.87. The van der Waals surface area contributed by atoms with Gasteiger partial charge in [0, 0.05) is 12.6 Å². The average molecular weight is 312 g/mol. The first-order valence-corrected chi connectivity index (χ1v) is 8.83. The van der Waals surface area contributed by atoms with Gasteiger partial charge in [-0.05, 0) is 51.4 Å². The molecule has 0 bridgehead atoms. The molecule has 2 N–H and O–H groups in total. The molecule has 118 valence electrons. The first-order valence-electron chi connectivity index (χ1n) is 7.34. The van der Waals surface area contributed by atoms with Crippen molar-refractivity contribution < 1.29 is 13.2 Å². The van der Waals surface area contributed by atoms with Gasteiger partial charge in [0.2, 0.25) is 10.0 Å². The van der Waals surface area contributed by atoms with Gasteiger partial charge in [0.1, 0.15) is 0 Å². The van der Waals surface area contributed by atoms with Crippen molar-refractivity contribution in [3.63, 3.8) is 0 Å². The molecule has 0 radical (unpaired) electrons. The number of hydrogen-bond donors (Lipinski definition) is 2. The topological polar surface area (TPSA) is 67.4 Å². The maximum Gasteiger partial charge on any atom is 0.240 e. The zero-order valence-electron chi connectivity index (χ0n) is 12.8. The van der Waals surface area contributed by atoms with Crippen molar-refractivity contribution in [2.24, 2.45) is 0 Å². The van der Waals surface area contributed by atoms with Crippen LogP contribution < -0.4 is 10.0 Å². The van der Waals surface area contributed by atoms with Crippen molar-refractivity contribution >= 4 is 10.0 Å². The van der Waals surface area contributed by atoms with Crippen molar-refractivity contribution in [1.82, 2.24) is 10.0 Å². The molecule has 2 rings (SSSR count). The van der Waals surface area contributed by atoms with Crippen LogP contribution in [0.2, 0.25) is 0 Å². The molecule has 0 saturated carbocycles. The maximum atomic E-state index is 11.7. The van der Waals surface area contributed by atoms with Crippen molar-refractivity contribution in [3.8, 4) is 0 Å². The summed E-state index contributed by atoms with van der Waals surface area (Å²) in [7, 11) is -1.95. The Balaban J connectivity index is 1.92. The third kappa shape index (κ3) is 4.26. The summed E-state index contributed by atoms with van der Waals surface area (Å²) in [6.45, 7) is 4.99. The number of hydrogen-bond acceptors (Lipinski definition) is 4. The van der Waals surface area contributed by atoms with E-state index in [2.05, 4.69) is 23.9 Å². The van der Waals surface area contributed by atoms with Crippen molar-refractivity contribution in [3.05, 3.63) is 29.8 Å². The summed E-state index contributed by atoms with van der Waals surface area (Å²) in [6.07, 6.45) is 2.86. The van der Waals surface area contributed by atoms with Crippen molar-refractivity contribution in [1.29, 1.82) is 0 Å². The predicted molar refractivity (Wildman–Crippen MR) is 82.7 cm³/mol. The van der Waals surface area contributed by atoms with Crippen LogP contribution in [0.4, 0.5) is 0 Å². The van der Waals surface area contributed by atoms with E-state index in [1.54, 1.807) is 12.1 Å². The highest BCUT2D eigenvalue weighted by atomic mass is 32.2. The minimum absolute atomic E-state index is 0.163. The molecule has 1 aromatic rings. The fraction of sp³-hybridized carbons (Fsp3) is 0.600. The molecule has 5 nitrogen and oxygen atoms in total. The lowest BCUT2D eigenvalue weighted by Gasteiger charge is -2.18. The molecule has 0 amide bonds. The van der Waals surface area contributed by atoms with Gasteiger partial charge in [-0.1, -0.05) is 12.1 Å². The highest BCUT2D eigenvalue weighted by molar-refractivity contribution is 7.89. The number of rotatable bonds is 6. The Kier molecular flexibility index (Phi) is 5.37. The van der Waals surface area contributed by atoms with E-state index in [9.17, 15) is 8.42 Å². The second-order valence-electron chi connectivity index (χ2n) is 5.55. The predicted octanol–water partition coefficient (Wildman–Crippen LogP) is 1.81. The Morgan fingerprint density at radius 1 is 1.29 bits per heavy atom. The fourth-order valence-corrected chi connectivity index (χ4v) is 3.25. The third-order valence-electron chi connectivity index (χ3n) is 3.93. The van der Waals surface area contributed by atoms with E-state index < -0.39 is 10.0 Å². The van der Waals surface area contributed by atoms with Crippen LogP contribution in [0.3, 0.4) is 0 Å². The Morgan fingerprint density at radius 3 is 2.48 bits per heavy atom. The van der Waals surface area contributed by atoms with Gasteiger partial charge in [-0.2, -0.15) is 0 Å². The standard InChI is InChI=1S/C15H24N2O3S/c1-11-4-7-14(20-11)10-17-12(2)13-5-8-15(9-6-13)21(18,19)16-3/h5-6,8-9,11-12,14,16-17H,4,7,10H2,1-3H3/t11-,12+,14-/m1/s1. The van der Waals surface area contributed by atoms with Gasteiger partial charge in [-0.25, -0.2) is 13.1 Å². The van der Waals surface area contributed by atoms with E-state index in [0.29, 0.717) is 6.10 Å². The summed E-state index contributed by atoms with van der Waals surface area (Å²) in [5, 5.41) is 3.44. The molecular formula is C15H24N2O3S. The minimum Gasteiger partial charge on any atom is -0.374 e. The van der Waals surface area contributed by atoms with Crippen molar-refractivity contribution in [2.75, 3.05) is 13.6 Å². The third-order valence-corrected chi connectivity index (χ3v) is 5.36. The lowest BCUT2D eigenvalue weighted by Crippen LogP contribution is -2.29. The van der Waals surface area contributed by atoms with Gasteiger partial charge in [0.05, 0.1) is 17.1 Å². The normalized spacial score (nSPS) is 24.1. The lowest BCUT2D eigenvalue weighted by molar-refractivity contribution is 0.0546. The first-order chi connectivity index (χ1) is 9.92. The second-order valence-corrected chi connectivity index (χ2v) is 7.44. The maximum absolute atomic E-state index is 11.7. The van der Waals surface area contributed by atoms with E-state index in [0.717, 1.165) is 24.9 Å². The molecule has 1 aromatic carbocycles. The van der Waals surface area contributed by atoms with Crippen molar-refractivity contribution in [2.45, 2.75) is 49.8 Å². The molecule has 0 unspecified atom stereocenters. The van der Waals surface area contributed by atoms with Crippen LogP contribution >= 0.6 is 0 Å². The smallest absolute Gasteiger partial charge is 0.240 e. The zero-order chi connectivity index (χ0) is 15.5. The molecule has 1 heterocycles. The monoisotopic (exact) mass is 312 g/mol. The van der Waals surface area contributed by atoms with E-state index in [1.165, 1.54) is 7.05 Å². The molecule has 1 fully saturated rings. The minimum atomic E-state index is -3.36. The Bertz CT molecular complexity index is 557. The van der Waals surface area contributed by atoms with Gasteiger partial charge < -0.3 is 10.1 Å². The fourth-order valence-electron chi connectivity index (χ4n) is 2.51. The summed E-state index contributed by atoms with van der Waals surface area (Å²) in [6, 6.07) is 7.12. The first kappa shape index (κ1) is 16.4. The molecule has 1 aliphatic heterocycles. The number of benzene rings is 1. The van der Waals surface area contributed by atoms with Gasteiger partial charge in [0.25, 0.3) is 0 Å². The summed E-state index contributed by atoms with van der Waals surface area (Å²) >= 11 is 0. The van der Waals surface area contributed by atoms with Gasteiger partial charge in [-0.3, -0.25) is 0 Å². The SMILES string of the molecule is CNS(=O)(=O)c1ccc([C@H](C)NC[C@H]2CC[C@@H](C)O2)cc1. The van der Waals surface area contributed by atoms with Crippen LogP contribution in [0.15, 0.2) is 29.2 Å². The van der Waals surface area contributed by atoms with E-state index >= 15 is 0 Å². The number of ether oxygens (including phenoxy) is 1. The Hall–Kier alpha value is -0.950. The largest absolute Gasteiger partial charge is 0.374 e. The molecule has 0 aromatic heterocycles. The summed E-state index contributed by atoms with van der Waals surface area (Å²) < 4.78 is 31.4. The molecule has 6 heteroatoms. The van der Waals surface area contributed by atoms with E-state index in [1.807, 2.05) is 12.1 Å². The zero-order valence-corrected chi connectivity index (χ0v) is 13.6. The molecule has 1 aliphatic rings. The summed E-state index contributed by atoms with van der Waals surface area (Å²) in [4.78, 5) is 0.286. The Morgan fingerprint density at radius 2 is 1.95 bits per heavy atom. The van der Waals surface area contributed by atoms with Crippen LogP contribution in [-0.2, 0) is 14.8 Å². The average Bonchev–Trinajstić information content (AvgIpc) is 2.90. The van der Waals surface area contributed by atoms with Crippen LogP contribution in [0.1, 0.15) is 38.3 Å². The molecule has 0 aliphatic carbocycles. The molecule has 1 saturated heterocycles. The quantitative estimate of drug-likeness (QED) is 0.841. The van der Waals surface area contributed by atoms with Crippen LogP contribution in [-0.4, -0.2) is 34.2 Å². The van der Waals surface area contributed by atoms with Crippen LogP contribution in [0.25, 0.3) is 0 Å². The van der Waals surface area contributed by atoms with E-state index in [4.69, 9.17) is 4.74 Å². The molecular weight excluding hydrogens is 288 g/mol. The summed E-state index contributed by atoms with van der Waals surface area (Å²) in [5.74, 6) is 0. The molecule has 0 spiro atoms. The molecule has 21 heavy (non-hydrogen) atoms. The van der Waals surface area contributed by atoms with Crippen LogP contribution in [0.5, 0.6) is 0 Å². The van der Waals surface area contributed by atoms with Gasteiger partial charge in [0.15, 0.2) is 0 Å². The van der Waals surface area contributed by atoms with Gasteiger partial charge in [-0.15, -0.1) is 0 Å². The summed E-state index contributed by atoms with van der Waals surface area (Å²) in [5.41, 5.74) is 1.07. The highest BCUT2D eigenvalue weighted by Gasteiger charge is 2.22. The lowest BCUT2D eigenvalue weighted by atomic mass is 10.1. The van der Waals surface area contributed by atoms with Gasteiger partial charge >= 0.3 is 0 Å². The molecule has 3 atom stereocenters. The Labute approximate surface area is 127 Å². The number of nitrogens with one attached hydrogen (secondary N) is 2. The number of sulfonamides is 1. The van der Waals surface area contributed by atoms with Crippen LogP contribution in [0, 0.1) is 0 Å².